The highest BCUT2D eigenvalue weighted by Gasteiger charge is 2.28. The van der Waals surface area contributed by atoms with E-state index in [1.807, 2.05) is 0 Å². The van der Waals surface area contributed by atoms with Gasteiger partial charge in [-0.25, -0.2) is 4.39 Å². The van der Waals surface area contributed by atoms with E-state index in [1.165, 1.54) is 6.07 Å². The van der Waals surface area contributed by atoms with Crippen LogP contribution in [0.5, 0.6) is 5.75 Å². The van der Waals surface area contributed by atoms with Gasteiger partial charge in [0, 0.05) is 5.02 Å². The number of halogens is 5. The molecule has 1 rings (SSSR count). The van der Waals surface area contributed by atoms with E-state index in [2.05, 4.69) is 4.74 Å². The lowest BCUT2D eigenvalue weighted by Crippen LogP contribution is -2.19. The molecule has 6 heteroatoms. The van der Waals surface area contributed by atoms with Crippen LogP contribution in [0.2, 0.25) is 5.02 Å². The summed E-state index contributed by atoms with van der Waals surface area (Å²) in [4.78, 5) is 0. The van der Waals surface area contributed by atoms with Crippen LogP contribution in [0.15, 0.2) is 18.2 Å². The lowest BCUT2D eigenvalue weighted by atomic mass is 10.3. The molecule has 0 fully saturated rings. The Morgan fingerprint density at radius 3 is 2.43 bits per heavy atom. The van der Waals surface area contributed by atoms with Crippen molar-refractivity contribution >= 4 is 11.6 Å². The highest BCUT2D eigenvalue weighted by molar-refractivity contribution is 6.30. The molecule has 0 N–H and O–H groups in total. The van der Waals surface area contributed by atoms with Gasteiger partial charge in [0.25, 0.3) is 0 Å². The lowest BCUT2D eigenvalue weighted by Gasteiger charge is -2.09. The Morgan fingerprint density at radius 2 is 1.93 bits per heavy atom. The molecule has 1 aromatic rings. The Labute approximate surface area is 82.2 Å². The molecule has 0 heterocycles. The maximum absolute atomic E-state index is 12.8. The highest BCUT2D eigenvalue weighted by atomic mass is 35.5. The number of hydrogen-bond acceptors (Lipinski definition) is 1. The fourth-order valence-corrected chi connectivity index (χ4v) is 0.911. The highest BCUT2D eigenvalue weighted by Crippen LogP contribution is 2.23. The summed E-state index contributed by atoms with van der Waals surface area (Å²) in [5.41, 5.74) is 0. The summed E-state index contributed by atoms with van der Waals surface area (Å²) in [7, 11) is 0. The molecule has 0 aliphatic heterocycles. The fourth-order valence-electron chi connectivity index (χ4n) is 0.752. The monoisotopic (exact) mass is 228 g/mol. The first-order chi connectivity index (χ1) is 6.38. The Bertz CT molecular complexity index is 324. The van der Waals surface area contributed by atoms with Crippen LogP contribution in [0.4, 0.5) is 17.6 Å². The topological polar surface area (TPSA) is 9.23 Å². The van der Waals surface area contributed by atoms with Crippen LogP contribution < -0.4 is 4.74 Å². The van der Waals surface area contributed by atoms with Gasteiger partial charge in [-0.15, -0.1) is 0 Å². The molecular weight excluding hydrogens is 224 g/mol. The maximum Gasteiger partial charge on any atom is 0.422 e. The quantitative estimate of drug-likeness (QED) is 0.705. The van der Waals surface area contributed by atoms with Crippen molar-refractivity contribution in [3.63, 3.8) is 0 Å². The second-order valence-corrected chi connectivity index (χ2v) is 2.92. The van der Waals surface area contributed by atoms with Crippen LogP contribution in [0.1, 0.15) is 0 Å². The zero-order valence-corrected chi connectivity index (χ0v) is 7.49. The number of benzene rings is 1. The van der Waals surface area contributed by atoms with Gasteiger partial charge in [-0.1, -0.05) is 11.6 Å². The van der Waals surface area contributed by atoms with Crippen LogP contribution >= 0.6 is 11.6 Å². The minimum Gasteiger partial charge on any atom is -0.481 e. The molecule has 0 bridgehead atoms. The summed E-state index contributed by atoms with van der Waals surface area (Å²) < 4.78 is 52.1. The Balaban J connectivity index is 2.68. The van der Waals surface area contributed by atoms with Gasteiger partial charge >= 0.3 is 6.18 Å². The molecule has 0 aliphatic rings. The third-order valence-corrected chi connectivity index (χ3v) is 1.52. The smallest absolute Gasteiger partial charge is 0.422 e. The molecule has 0 saturated carbocycles. The normalized spacial score (nSPS) is 11.5. The first kappa shape index (κ1) is 11.1. The van der Waals surface area contributed by atoms with E-state index < -0.39 is 24.3 Å². The van der Waals surface area contributed by atoms with Gasteiger partial charge < -0.3 is 4.74 Å². The lowest BCUT2D eigenvalue weighted by molar-refractivity contribution is -0.153. The molecule has 1 aromatic carbocycles. The number of rotatable bonds is 2. The van der Waals surface area contributed by atoms with Crippen molar-refractivity contribution < 1.29 is 22.3 Å². The van der Waals surface area contributed by atoms with Crippen LogP contribution in [0.25, 0.3) is 0 Å². The van der Waals surface area contributed by atoms with Crippen molar-refractivity contribution in [2.75, 3.05) is 6.61 Å². The minimum absolute atomic E-state index is 0.0989. The fraction of sp³-hybridized carbons (Fsp3) is 0.250. The van der Waals surface area contributed by atoms with Crippen molar-refractivity contribution in [1.29, 1.82) is 0 Å². The van der Waals surface area contributed by atoms with Gasteiger partial charge in [-0.05, 0) is 18.2 Å². The van der Waals surface area contributed by atoms with Gasteiger partial charge in [0.2, 0.25) is 0 Å². The molecule has 0 spiro atoms. The summed E-state index contributed by atoms with van der Waals surface area (Å²) in [5, 5.41) is 0.0989. The van der Waals surface area contributed by atoms with Crippen molar-refractivity contribution in [2.24, 2.45) is 0 Å². The van der Waals surface area contributed by atoms with E-state index >= 15 is 0 Å². The first-order valence-electron chi connectivity index (χ1n) is 3.53. The van der Waals surface area contributed by atoms with Crippen LogP contribution in [0.3, 0.4) is 0 Å². The van der Waals surface area contributed by atoms with Crippen LogP contribution in [0, 0.1) is 5.82 Å². The summed E-state index contributed by atoms with van der Waals surface area (Å²) in [6.45, 7) is -1.52. The standard InChI is InChI=1S/C8H5ClF4O/c9-5-1-2-7(6(10)3-5)14-4-8(11,12)13/h1-3H,4H2. The van der Waals surface area contributed by atoms with Gasteiger partial charge in [0.05, 0.1) is 0 Å². The first-order valence-corrected chi connectivity index (χ1v) is 3.91. The van der Waals surface area contributed by atoms with E-state index in [0.717, 1.165) is 12.1 Å². The van der Waals surface area contributed by atoms with E-state index in [9.17, 15) is 17.6 Å². The third-order valence-electron chi connectivity index (χ3n) is 1.29. The average molecular weight is 229 g/mol. The van der Waals surface area contributed by atoms with Gasteiger partial charge in [0.1, 0.15) is 0 Å². The van der Waals surface area contributed by atoms with E-state index in [-0.39, 0.29) is 5.02 Å². The van der Waals surface area contributed by atoms with Crippen molar-refractivity contribution in [3.8, 4) is 5.75 Å². The van der Waals surface area contributed by atoms with Crippen molar-refractivity contribution in [2.45, 2.75) is 6.18 Å². The van der Waals surface area contributed by atoms with Gasteiger partial charge in [0.15, 0.2) is 18.2 Å². The average Bonchev–Trinajstić information content (AvgIpc) is 2.00. The minimum atomic E-state index is -4.48. The molecule has 1 nitrogen and oxygen atoms in total. The molecule has 78 valence electrons. The SMILES string of the molecule is Fc1cc(Cl)ccc1OCC(F)(F)F. The number of hydrogen-bond donors (Lipinski definition) is 0. The molecule has 0 unspecified atom stereocenters. The largest absolute Gasteiger partial charge is 0.481 e. The molecule has 0 aliphatic carbocycles. The number of ether oxygens (including phenoxy) is 1. The third kappa shape index (κ3) is 3.41. The van der Waals surface area contributed by atoms with Gasteiger partial charge in [-0.2, -0.15) is 13.2 Å². The summed E-state index contributed by atoms with van der Waals surface area (Å²) in [6, 6.07) is 3.17. The predicted octanol–water partition coefficient (Wildman–Crippen LogP) is 3.42. The van der Waals surface area contributed by atoms with Gasteiger partial charge in [-0.3, -0.25) is 0 Å². The Morgan fingerprint density at radius 1 is 1.29 bits per heavy atom. The molecule has 0 aromatic heterocycles. The Kier molecular flexibility index (Phi) is 3.21. The molecule has 0 saturated heterocycles. The van der Waals surface area contributed by atoms with E-state index in [0.29, 0.717) is 0 Å². The maximum atomic E-state index is 12.8. The molecule has 14 heavy (non-hydrogen) atoms. The predicted molar refractivity (Wildman–Crippen MR) is 43.0 cm³/mol. The van der Waals surface area contributed by atoms with Crippen LogP contribution in [-0.2, 0) is 0 Å². The van der Waals surface area contributed by atoms with Crippen molar-refractivity contribution in [1.82, 2.24) is 0 Å². The summed E-state index contributed by atoms with van der Waals surface area (Å²) in [6.07, 6.45) is -4.48. The Hall–Kier alpha value is -0.970. The summed E-state index contributed by atoms with van der Waals surface area (Å²) in [5.74, 6) is -1.38. The zero-order valence-electron chi connectivity index (χ0n) is 6.74. The van der Waals surface area contributed by atoms with E-state index in [4.69, 9.17) is 11.6 Å². The van der Waals surface area contributed by atoms with Crippen LogP contribution in [-0.4, -0.2) is 12.8 Å². The molecule has 0 amide bonds. The summed E-state index contributed by atoms with van der Waals surface area (Å²) >= 11 is 5.39. The van der Waals surface area contributed by atoms with Crippen molar-refractivity contribution in [3.05, 3.63) is 29.0 Å². The van der Waals surface area contributed by atoms with E-state index in [1.54, 1.807) is 0 Å². The number of alkyl halides is 3. The molecule has 0 atom stereocenters. The second-order valence-electron chi connectivity index (χ2n) is 2.48. The molecule has 0 radical (unpaired) electrons. The zero-order chi connectivity index (χ0) is 10.8. The second kappa shape index (κ2) is 4.04. The molecular formula is C8H5ClF4O.